The molecule has 1 aliphatic heterocycles. The van der Waals surface area contributed by atoms with E-state index in [1.165, 1.54) is 43.2 Å². The molecule has 0 unspecified atom stereocenters. The van der Waals surface area contributed by atoms with Crippen molar-refractivity contribution in [2.75, 3.05) is 19.8 Å². The maximum absolute atomic E-state index is 6.12. The third-order valence-corrected chi connectivity index (χ3v) is 4.64. The van der Waals surface area contributed by atoms with Gasteiger partial charge < -0.3 is 15.2 Å². The van der Waals surface area contributed by atoms with Gasteiger partial charge in [-0.3, -0.25) is 0 Å². The van der Waals surface area contributed by atoms with Crippen molar-refractivity contribution in [1.82, 2.24) is 0 Å². The predicted molar refractivity (Wildman–Crippen MR) is 76.0 cm³/mol. The molecule has 1 aromatic carbocycles. The molecular weight excluding hydrogens is 238 g/mol. The van der Waals surface area contributed by atoms with Gasteiger partial charge in [0.05, 0.1) is 0 Å². The molecule has 0 radical (unpaired) electrons. The van der Waals surface area contributed by atoms with Crippen LogP contribution in [0.5, 0.6) is 11.5 Å². The minimum absolute atomic E-state index is 0.152. The van der Waals surface area contributed by atoms with Crippen molar-refractivity contribution in [3.8, 4) is 11.5 Å². The lowest BCUT2D eigenvalue weighted by Gasteiger charge is -2.37. The van der Waals surface area contributed by atoms with Gasteiger partial charge >= 0.3 is 0 Å². The van der Waals surface area contributed by atoms with Crippen molar-refractivity contribution < 1.29 is 9.47 Å². The van der Waals surface area contributed by atoms with Gasteiger partial charge in [-0.25, -0.2) is 0 Å². The summed E-state index contributed by atoms with van der Waals surface area (Å²) in [5.74, 6) is 1.82. The van der Waals surface area contributed by atoms with E-state index in [2.05, 4.69) is 19.1 Å². The summed E-state index contributed by atoms with van der Waals surface area (Å²) >= 11 is 0. The van der Waals surface area contributed by atoms with Gasteiger partial charge in [-0.05, 0) is 37.0 Å². The predicted octanol–water partition coefficient (Wildman–Crippen LogP) is 2.93. The minimum Gasteiger partial charge on any atom is -0.486 e. The summed E-state index contributed by atoms with van der Waals surface area (Å²) < 4.78 is 11.5. The molecule has 1 aromatic rings. The van der Waals surface area contributed by atoms with E-state index in [-0.39, 0.29) is 5.41 Å². The summed E-state index contributed by atoms with van der Waals surface area (Å²) in [5.41, 5.74) is 8.79. The van der Waals surface area contributed by atoms with Crippen molar-refractivity contribution in [3.05, 3.63) is 23.3 Å². The van der Waals surface area contributed by atoms with Crippen LogP contribution >= 0.6 is 0 Å². The largest absolute Gasteiger partial charge is 0.486 e. The van der Waals surface area contributed by atoms with E-state index in [1.807, 2.05) is 0 Å². The number of hydrogen-bond acceptors (Lipinski definition) is 3. The summed E-state index contributed by atoms with van der Waals surface area (Å²) in [5, 5.41) is 0. The Balaban J connectivity index is 2.02. The first-order chi connectivity index (χ1) is 9.25. The summed E-state index contributed by atoms with van der Waals surface area (Å²) in [4.78, 5) is 0. The Hall–Kier alpha value is -1.22. The van der Waals surface area contributed by atoms with Gasteiger partial charge in [0.2, 0.25) is 0 Å². The van der Waals surface area contributed by atoms with E-state index in [1.54, 1.807) is 0 Å². The van der Waals surface area contributed by atoms with Crippen LogP contribution in [0.15, 0.2) is 12.1 Å². The summed E-state index contributed by atoms with van der Waals surface area (Å²) in [6.07, 6.45) is 6.30. The van der Waals surface area contributed by atoms with Crippen molar-refractivity contribution in [3.63, 3.8) is 0 Å². The molecule has 3 heteroatoms. The highest BCUT2D eigenvalue weighted by Gasteiger charge is 2.34. The van der Waals surface area contributed by atoms with Gasteiger partial charge in [-0.2, -0.15) is 0 Å². The van der Waals surface area contributed by atoms with E-state index in [0.29, 0.717) is 13.2 Å². The fraction of sp³-hybridized carbons (Fsp3) is 0.625. The molecule has 3 rings (SSSR count). The maximum Gasteiger partial charge on any atom is 0.164 e. The molecule has 2 aliphatic rings. The highest BCUT2D eigenvalue weighted by molar-refractivity contribution is 5.51. The number of aryl methyl sites for hydroxylation is 1. The Morgan fingerprint density at radius 3 is 2.58 bits per heavy atom. The molecule has 0 aromatic heterocycles. The Kier molecular flexibility index (Phi) is 3.40. The molecule has 0 atom stereocenters. The van der Waals surface area contributed by atoms with Gasteiger partial charge in [0.15, 0.2) is 11.5 Å². The minimum atomic E-state index is 0.152. The van der Waals surface area contributed by atoms with Gasteiger partial charge in [0.1, 0.15) is 13.2 Å². The number of ether oxygens (including phenoxy) is 2. The first-order valence-corrected chi connectivity index (χ1v) is 7.36. The van der Waals surface area contributed by atoms with Gasteiger partial charge in [-0.15, -0.1) is 0 Å². The fourth-order valence-corrected chi connectivity index (χ4v) is 3.47. The van der Waals surface area contributed by atoms with E-state index in [9.17, 15) is 0 Å². The van der Waals surface area contributed by atoms with E-state index in [0.717, 1.165) is 18.0 Å². The van der Waals surface area contributed by atoms with E-state index < -0.39 is 0 Å². The first-order valence-electron chi connectivity index (χ1n) is 7.36. The maximum atomic E-state index is 6.12. The summed E-state index contributed by atoms with van der Waals surface area (Å²) in [6, 6.07) is 4.42. The van der Waals surface area contributed by atoms with E-state index in [4.69, 9.17) is 15.2 Å². The zero-order valence-electron chi connectivity index (χ0n) is 11.7. The van der Waals surface area contributed by atoms with Crippen molar-refractivity contribution in [2.24, 2.45) is 5.73 Å². The summed E-state index contributed by atoms with van der Waals surface area (Å²) in [6.45, 7) is 4.12. The fourth-order valence-electron chi connectivity index (χ4n) is 3.47. The summed E-state index contributed by atoms with van der Waals surface area (Å²) in [7, 11) is 0. The Labute approximate surface area is 115 Å². The topological polar surface area (TPSA) is 44.5 Å². The van der Waals surface area contributed by atoms with Crippen LogP contribution in [0.4, 0.5) is 0 Å². The third kappa shape index (κ3) is 2.20. The van der Waals surface area contributed by atoms with Crippen LogP contribution in [0.25, 0.3) is 0 Å². The van der Waals surface area contributed by atoms with Crippen LogP contribution in [-0.2, 0) is 5.41 Å². The molecule has 0 spiro atoms. The standard InChI is InChI=1S/C16H23NO2/c1-12-9-13(10-14-15(12)19-8-7-18-14)16(11-17)5-3-2-4-6-16/h9-10H,2-8,11,17H2,1H3. The molecule has 104 valence electrons. The lowest BCUT2D eigenvalue weighted by Crippen LogP contribution is -2.37. The molecule has 0 bridgehead atoms. The second-order valence-corrected chi connectivity index (χ2v) is 5.86. The van der Waals surface area contributed by atoms with Crippen LogP contribution in [-0.4, -0.2) is 19.8 Å². The van der Waals surface area contributed by atoms with Gasteiger partial charge in [0.25, 0.3) is 0 Å². The van der Waals surface area contributed by atoms with Crippen molar-refractivity contribution in [2.45, 2.75) is 44.4 Å². The average molecular weight is 261 g/mol. The van der Waals surface area contributed by atoms with Gasteiger partial charge in [0, 0.05) is 12.0 Å². The average Bonchev–Trinajstić information content (AvgIpc) is 2.48. The number of rotatable bonds is 2. The Bertz CT molecular complexity index is 464. The van der Waals surface area contributed by atoms with E-state index >= 15 is 0 Å². The third-order valence-electron chi connectivity index (χ3n) is 4.64. The Morgan fingerprint density at radius 2 is 1.84 bits per heavy atom. The van der Waals surface area contributed by atoms with Gasteiger partial charge in [-0.1, -0.05) is 25.3 Å². The molecular formula is C16H23NO2. The van der Waals surface area contributed by atoms with Crippen LogP contribution in [0.3, 0.4) is 0 Å². The molecule has 1 saturated carbocycles. The molecule has 1 fully saturated rings. The van der Waals surface area contributed by atoms with Crippen molar-refractivity contribution >= 4 is 0 Å². The number of fused-ring (bicyclic) bond motifs is 1. The normalized spacial score (nSPS) is 21.2. The van der Waals surface area contributed by atoms with Crippen molar-refractivity contribution in [1.29, 1.82) is 0 Å². The quantitative estimate of drug-likeness (QED) is 0.890. The smallest absolute Gasteiger partial charge is 0.164 e. The molecule has 2 N–H and O–H groups in total. The lowest BCUT2D eigenvalue weighted by atomic mass is 9.69. The van der Waals surface area contributed by atoms with Crippen LogP contribution in [0, 0.1) is 6.92 Å². The molecule has 1 aliphatic carbocycles. The molecule has 0 saturated heterocycles. The first kappa shape index (κ1) is 12.8. The van der Waals surface area contributed by atoms with Crippen LogP contribution in [0.1, 0.15) is 43.2 Å². The highest BCUT2D eigenvalue weighted by atomic mass is 16.6. The number of benzene rings is 1. The molecule has 1 heterocycles. The lowest BCUT2D eigenvalue weighted by molar-refractivity contribution is 0.169. The second kappa shape index (κ2) is 5.04. The van der Waals surface area contributed by atoms with Crippen LogP contribution < -0.4 is 15.2 Å². The number of nitrogens with two attached hydrogens (primary N) is 1. The molecule has 3 nitrogen and oxygen atoms in total. The Morgan fingerprint density at radius 1 is 1.11 bits per heavy atom. The highest BCUT2D eigenvalue weighted by Crippen LogP contribution is 2.43. The zero-order valence-corrected chi connectivity index (χ0v) is 11.7. The molecule has 0 amide bonds. The number of hydrogen-bond donors (Lipinski definition) is 1. The monoisotopic (exact) mass is 261 g/mol. The second-order valence-electron chi connectivity index (χ2n) is 5.86. The van der Waals surface area contributed by atoms with Crippen LogP contribution in [0.2, 0.25) is 0 Å². The SMILES string of the molecule is Cc1cc(C2(CN)CCCCC2)cc2c1OCCO2. The molecule has 19 heavy (non-hydrogen) atoms. The zero-order chi connectivity index (χ0) is 13.3.